The Morgan fingerprint density at radius 3 is 2.42 bits per heavy atom. The van der Waals surface area contributed by atoms with Gasteiger partial charge in [0.2, 0.25) is 0 Å². The zero-order chi connectivity index (χ0) is 14.5. The van der Waals surface area contributed by atoms with Crippen LogP contribution in [-0.2, 0) is 15.7 Å². The van der Waals surface area contributed by atoms with E-state index in [1.165, 1.54) is 20.3 Å². The minimum atomic E-state index is -4.47. The first kappa shape index (κ1) is 15.3. The Balaban J connectivity index is 2.89. The van der Waals surface area contributed by atoms with E-state index in [1.54, 1.807) is 6.07 Å². The number of nitriles is 1. The molecule has 0 unspecified atom stereocenters. The van der Waals surface area contributed by atoms with Crippen molar-refractivity contribution in [1.29, 1.82) is 5.26 Å². The predicted molar refractivity (Wildman–Crippen MR) is 62.5 cm³/mol. The van der Waals surface area contributed by atoms with Crippen molar-refractivity contribution in [2.45, 2.75) is 12.5 Å². The van der Waals surface area contributed by atoms with E-state index in [4.69, 9.17) is 14.7 Å². The maximum Gasteiger partial charge on any atom is 0.416 e. The standard InChI is InChI=1S/C12H13F3N2O2/c1-18-11(19-2)7-17-10-4-3-9(12(13,14)15)5-8(10)6-16/h3-5,11,17H,7H2,1-2H3. The van der Waals surface area contributed by atoms with Crippen molar-refractivity contribution in [2.24, 2.45) is 0 Å². The number of alkyl halides is 3. The second-order valence-corrected chi connectivity index (χ2v) is 3.65. The van der Waals surface area contributed by atoms with Crippen LogP contribution in [0.15, 0.2) is 18.2 Å². The fourth-order valence-electron chi connectivity index (χ4n) is 1.42. The molecule has 1 rings (SSSR count). The van der Waals surface area contributed by atoms with Crippen LogP contribution in [0.5, 0.6) is 0 Å². The van der Waals surface area contributed by atoms with Gasteiger partial charge in [-0.15, -0.1) is 0 Å². The van der Waals surface area contributed by atoms with Crippen LogP contribution in [0.3, 0.4) is 0 Å². The monoisotopic (exact) mass is 274 g/mol. The molecule has 0 amide bonds. The molecule has 4 nitrogen and oxygen atoms in total. The summed E-state index contributed by atoms with van der Waals surface area (Å²) in [5.74, 6) is 0. The predicted octanol–water partition coefficient (Wildman–Crippen LogP) is 2.61. The first-order chi connectivity index (χ1) is 8.92. The first-order valence-electron chi connectivity index (χ1n) is 5.33. The van der Waals surface area contributed by atoms with E-state index in [9.17, 15) is 13.2 Å². The van der Waals surface area contributed by atoms with Gasteiger partial charge < -0.3 is 14.8 Å². The molecule has 104 valence electrons. The van der Waals surface area contributed by atoms with Gasteiger partial charge in [0, 0.05) is 14.2 Å². The maximum absolute atomic E-state index is 12.5. The van der Waals surface area contributed by atoms with E-state index < -0.39 is 18.0 Å². The van der Waals surface area contributed by atoms with Crippen molar-refractivity contribution in [3.05, 3.63) is 29.3 Å². The molecule has 0 aromatic heterocycles. The highest BCUT2D eigenvalue weighted by molar-refractivity contribution is 5.59. The average Bonchev–Trinajstić information content (AvgIpc) is 2.38. The average molecular weight is 274 g/mol. The Morgan fingerprint density at radius 2 is 1.95 bits per heavy atom. The summed E-state index contributed by atoms with van der Waals surface area (Å²) in [6.07, 6.45) is -5.01. The fraction of sp³-hybridized carbons (Fsp3) is 0.417. The van der Waals surface area contributed by atoms with Gasteiger partial charge in [0.05, 0.1) is 23.4 Å². The first-order valence-corrected chi connectivity index (χ1v) is 5.33. The van der Waals surface area contributed by atoms with Crippen LogP contribution in [0, 0.1) is 11.3 Å². The molecule has 0 atom stereocenters. The zero-order valence-electron chi connectivity index (χ0n) is 10.4. The van der Waals surface area contributed by atoms with Crippen LogP contribution in [0.1, 0.15) is 11.1 Å². The molecule has 0 bridgehead atoms. The molecule has 1 N–H and O–H groups in total. The van der Waals surface area contributed by atoms with E-state index >= 15 is 0 Å². The van der Waals surface area contributed by atoms with Crippen LogP contribution in [0.4, 0.5) is 18.9 Å². The van der Waals surface area contributed by atoms with Crippen LogP contribution in [0.2, 0.25) is 0 Å². The Bertz CT molecular complexity index is 465. The number of hydrogen-bond donors (Lipinski definition) is 1. The van der Waals surface area contributed by atoms with Gasteiger partial charge in [-0.1, -0.05) is 0 Å². The summed E-state index contributed by atoms with van der Waals surface area (Å²) in [6, 6.07) is 4.65. The van der Waals surface area contributed by atoms with Crippen LogP contribution >= 0.6 is 0 Å². The zero-order valence-corrected chi connectivity index (χ0v) is 10.4. The lowest BCUT2D eigenvalue weighted by atomic mass is 10.1. The van der Waals surface area contributed by atoms with Crippen molar-refractivity contribution < 1.29 is 22.6 Å². The Kier molecular flexibility index (Phi) is 5.15. The number of ether oxygens (including phenoxy) is 2. The van der Waals surface area contributed by atoms with E-state index in [2.05, 4.69) is 5.32 Å². The minimum absolute atomic E-state index is 0.0826. The number of methoxy groups -OCH3 is 2. The maximum atomic E-state index is 12.5. The van der Waals surface area contributed by atoms with Gasteiger partial charge in [0.1, 0.15) is 6.07 Å². The van der Waals surface area contributed by atoms with Crippen LogP contribution in [-0.4, -0.2) is 27.1 Å². The molecule has 0 saturated carbocycles. The lowest BCUT2D eigenvalue weighted by molar-refractivity contribution is -0.137. The third-order valence-electron chi connectivity index (χ3n) is 2.45. The molecule has 7 heteroatoms. The van der Waals surface area contributed by atoms with Crippen molar-refractivity contribution in [3.63, 3.8) is 0 Å². The van der Waals surface area contributed by atoms with E-state index in [0.717, 1.165) is 12.1 Å². The highest BCUT2D eigenvalue weighted by Gasteiger charge is 2.31. The number of benzene rings is 1. The fourth-order valence-corrected chi connectivity index (χ4v) is 1.42. The van der Waals surface area contributed by atoms with E-state index in [-0.39, 0.29) is 12.1 Å². The molecule has 0 aliphatic heterocycles. The number of halogens is 3. The minimum Gasteiger partial charge on any atom is -0.379 e. The summed E-state index contributed by atoms with van der Waals surface area (Å²) < 4.78 is 47.3. The van der Waals surface area contributed by atoms with Gasteiger partial charge in [-0.05, 0) is 18.2 Å². The molecular weight excluding hydrogens is 261 g/mol. The number of rotatable bonds is 5. The molecule has 0 saturated heterocycles. The summed E-state index contributed by atoms with van der Waals surface area (Å²) >= 11 is 0. The van der Waals surface area contributed by atoms with Gasteiger partial charge >= 0.3 is 6.18 Å². The van der Waals surface area contributed by atoms with Gasteiger partial charge in [0.15, 0.2) is 6.29 Å². The lowest BCUT2D eigenvalue weighted by Gasteiger charge is -2.16. The van der Waals surface area contributed by atoms with E-state index in [0.29, 0.717) is 5.69 Å². The quantitative estimate of drug-likeness (QED) is 0.838. The Labute approximate surface area is 108 Å². The highest BCUT2D eigenvalue weighted by atomic mass is 19.4. The van der Waals surface area contributed by atoms with E-state index in [1.807, 2.05) is 0 Å². The summed E-state index contributed by atoms with van der Waals surface area (Å²) in [5.41, 5.74) is -0.639. The Morgan fingerprint density at radius 1 is 1.32 bits per heavy atom. The molecule has 0 spiro atoms. The van der Waals surface area contributed by atoms with Crippen molar-refractivity contribution in [2.75, 3.05) is 26.1 Å². The second-order valence-electron chi connectivity index (χ2n) is 3.65. The summed E-state index contributed by atoms with van der Waals surface area (Å²) in [7, 11) is 2.88. The molecule has 0 heterocycles. The molecular formula is C12H13F3N2O2. The van der Waals surface area contributed by atoms with Crippen molar-refractivity contribution in [3.8, 4) is 6.07 Å². The third-order valence-corrected chi connectivity index (χ3v) is 2.45. The highest BCUT2D eigenvalue weighted by Crippen LogP contribution is 2.31. The van der Waals surface area contributed by atoms with Crippen LogP contribution < -0.4 is 5.32 Å². The molecule has 19 heavy (non-hydrogen) atoms. The van der Waals surface area contributed by atoms with Gasteiger partial charge in [-0.25, -0.2) is 0 Å². The smallest absolute Gasteiger partial charge is 0.379 e. The second kappa shape index (κ2) is 6.41. The van der Waals surface area contributed by atoms with Crippen molar-refractivity contribution in [1.82, 2.24) is 0 Å². The number of nitrogens with zero attached hydrogens (tertiary/aromatic N) is 1. The number of hydrogen-bond acceptors (Lipinski definition) is 4. The SMILES string of the molecule is COC(CNc1ccc(C(F)(F)F)cc1C#N)OC. The van der Waals surface area contributed by atoms with Crippen LogP contribution in [0.25, 0.3) is 0 Å². The van der Waals surface area contributed by atoms with Crippen molar-refractivity contribution >= 4 is 5.69 Å². The van der Waals surface area contributed by atoms with Gasteiger partial charge in [-0.3, -0.25) is 0 Å². The number of anilines is 1. The molecule has 0 radical (unpaired) electrons. The number of nitrogens with one attached hydrogen (secondary N) is 1. The summed E-state index contributed by atoms with van der Waals surface area (Å²) in [6.45, 7) is 0.215. The molecule has 0 aliphatic rings. The summed E-state index contributed by atoms with van der Waals surface area (Å²) in [4.78, 5) is 0. The molecule has 0 fully saturated rings. The molecule has 1 aromatic rings. The topological polar surface area (TPSA) is 54.3 Å². The van der Waals surface area contributed by atoms with Gasteiger partial charge in [0.25, 0.3) is 0 Å². The molecule has 1 aromatic carbocycles. The summed E-state index contributed by atoms with van der Waals surface area (Å²) in [5, 5.41) is 11.7. The van der Waals surface area contributed by atoms with Gasteiger partial charge in [-0.2, -0.15) is 18.4 Å². The Hall–Kier alpha value is -1.78. The molecule has 0 aliphatic carbocycles. The normalized spacial score (nSPS) is 11.4. The lowest BCUT2D eigenvalue weighted by Crippen LogP contribution is -2.24. The third kappa shape index (κ3) is 4.12. The largest absolute Gasteiger partial charge is 0.416 e.